The molecule has 0 saturated heterocycles. The number of carbonyl (C=O) groups excluding carboxylic acids is 2. The quantitative estimate of drug-likeness (QED) is 0.190. The van der Waals surface area contributed by atoms with Crippen molar-refractivity contribution in [1.82, 2.24) is 5.32 Å². The highest BCUT2D eigenvalue weighted by atomic mass is 16.5. The van der Waals surface area contributed by atoms with Crippen LogP contribution in [0.1, 0.15) is 108 Å². The minimum atomic E-state index is -0.418. The Labute approximate surface area is 235 Å². The van der Waals surface area contributed by atoms with Crippen LogP contribution in [0, 0.1) is 0 Å². The van der Waals surface area contributed by atoms with Gasteiger partial charge in [0.25, 0.3) is 0 Å². The van der Waals surface area contributed by atoms with Gasteiger partial charge in [0.15, 0.2) is 0 Å². The molecule has 0 aliphatic carbocycles. The lowest BCUT2D eigenvalue weighted by Gasteiger charge is -2.11. The van der Waals surface area contributed by atoms with Gasteiger partial charge in [-0.1, -0.05) is 113 Å². The first-order chi connectivity index (χ1) is 19.2. The van der Waals surface area contributed by atoms with Crippen molar-refractivity contribution in [1.29, 1.82) is 0 Å². The van der Waals surface area contributed by atoms with Crippen molar-refractivity contribution in [2.24, 2.45) is 4.99 Å². The Morgan fingerprint density at radius 1 is 0.846 bits per heavy atom. The maximum absolute atomic E-state index is 12.9. The number of nitrogens with one attached hydrogen (secondary N) is 2. The smallest absolute Gasteiger partial charge is 0.407 e. The molecule has 39 heavy (non-hydrogen) atoms. The van der Waals surface area contributed by atoms with E-state index in [0.717, 1.165) is 48.2 Å². The van der Waals surface area contributed by atoms with Gasteiger partial charge in [0.1, 0.15) is 12.6 Å². The van der Waals surface area contributed by atoms with Crippen LogP contribution in [-0.2, 0) is 16.1 Å². The third-order valence-corrected chi connectivity index (χ3v) is 7.26. The number of carbonyl (C=O) groups is 2. The Kier molecular flexibility index (Phi) is 14.2. The zero-order valence-corrected chi connectivity index (χ0v) is 23.8. The number of unbranched alkanes of at least 4 members (excludes halogenated alkanes) is 10. The molecule has 0 saturated carbocycles. The number of ether oxygens (including phenoxy) is 1. The zero-order chi connectivity index (χ0) is 27.5. The molecule has 0 spiro atoms. The summed E-state index contributed by atoms with van der Waals surface area (Å²) < 4.78 is 5.26. The maximum Gasteiger partial charge on any atom is 0.407 e. The Bertz CT molecular complexity index is 1020. The van der Waals surface area contributed by atoms with Gasteiger partial charge in [-0.05, 0) is 43.7 Å². The third-order valence-electron chi connectivity index (χ3n) is 7.26. The first-order valence-electron chi connectivity index (χ1n) is 15.1. The average molecular weight is 534 g/mol. The molecule has 1 heterocycles. The minimum Gasteiger partial charge on any atom is -0.445 e. The van der Waals surface area contributed by atoms with Crippen molar-refractivity contribution < 1.29 is 14.3 Å². The van der Waals surface area contributed by atoms with Crippen LogP contribution in [0.25, 0.3) is 0 Å². The van der Waals surface area contributed by atoms with Gasteiger partial charge in [-0.3, -0.25) is 9.79 Å². The van der Waals surface area contributed by atoms with Gasteiger partial charge in [0.05, 0.1) is 0 Å². The van der Waals surface area contributed by atoms with E-state index in [2.05, 4.69) is 23.6 Å². The first-order valence-corrected chi connectivity index (χ1v) is 15.1. The largest absolute Gasteiger partial charge is 0.445 e. The van der Waals surface area contributed by atoms with Gasteiger partial charge in [-0.2, -0.15) is 0 Å². The molecule has 2 N–H and O–H groups in total. The van der Waals surface area contributed by atoms with Gasteiger partial charge in [-0.25, -0.2) is 4.79 Å². The number of amides is 2. The fraction of sp³-hybridized carbons (Fsp3) is 0.545. The number of rotatable bonds is 18. The zero-order valence-electron chi connectivity index (χ0n) is 23.8. The van der Waals surface area contributed by atoms with E-state index >= 15 is 0 Å². The standard InChI is InChI=1S/C33H47N3O3/c1-2-3-4-5-6-7-8-9-10-14-22-29-28-21-15-16-23-30(28)36-32(37)31(35-29)24-17-18-25-34-33(38)39-26-27-19-12-11-13-20-27/h11-13,15-16,19-21,23,31H,2-10,14,17-18,22,24-26H2,1H3,(H,34,38)(H,36,37)/t31-/m1/s1. The molecule has 1 aliphatic rings. The fourth-order valence-electron chi connectivity index (χ4n) is 4.98. The number of fused-ring (bicyclic) bond motifs is 1. The molecular weight excluding hydrogens is 486 g/mol. The number of anilines is 1. The maximum atomic E-state index is 12.9. The summed E-state index contributed by atoms with van der Waals surface area (Å²) in [5.41, 5.74) is 3.90. The first kappa shape index (κ1) is 30.4. The third kappa shape index (κ3) is 11.6. The number of hydrogen-bond donors (Lipinski definition) is 2. The number of nitrogens with zero attached hydrogens (tertiary/aromatic N) is 1. The summed E-state index contributed by atoms with van der Waals surface area (Å²) in [6, 6.07) is 17.2. The van der Waals surface area contributed by atoms with Gasteiger partial charge >= 0.3 is 6.09 Å². The Morgan fingerprint density at radius 3 is 2.26 bits per heavy atom. The summed E-state index contributed by atoms with van der Waals surface area (Å²) in [7, 11) is 0. The molecule has 0 unspecified atom stereocenters. The number of para-hydroxylation sites is 1. The normalized spacial score (nSPS) is 14.6. The van der Waals surface area contributed by atoms with Gasteiger partial charge < -0.3 is 15.4 Å². The lowest BCUT2D eigenvalue weighted by molar-refractivity contribution is -0.117. The molecule has 2 aromatic rings. The molecular formula is C33H47N3O3. The summed E-state index contributed by atoms with van der Waals surface area (Å²) in [4.78, 5) is 29.9. The molecule has 3 rings (SSSR count). The molecule has 212 valence electrons. The lowest BCUT2D eigenvalue weighted by Crippen LogP contribution is -2.27. The molecule has 2 amide bonds. The fourth-order valence-corrected chi connectivity index (χ4v) is 4.98. The van der Waals surface area contributed by atoms with Crippen LogP contribution < -0.4 is 10.6 Å². The van der Waals surface area contributed by atoms with Crippen LogP contribution >= 0.6 is 0 Å². The highest BCUT2D eigenvalue weighted by molar-refractivity contribution is 6.11. The molecule has 1 aliphatic heterocycles. The predicted octanol–water partition coefficient (Wildman–Crippen LogP) is 8.20. The number of benzodiazepines with no additional fused rings is 1. The SMILES string of the molecule is CCCCCCCCCCCCC1=N[C@H](CCCCNC(=O)OCc2ccccc2)C(=O)Nc2ccccc21. The molecule has 0 radical (unpaired) electrons. The van der Waals surface area contributed by atoms with Crippen molar-refractivity contribution in [2.45, 2.75) is 109 Å². The molecule has 0 aromatic heterocycles. The van der Waals surface area contributed by atoms with E-state index in [1.165, 1.54) is 57.8 Å². The summed E-state index contributed by atoms with van der Waals surface area (Å²) >= 11 is 0. The Balaban J connectivity index is 1.39. The second kappa shape index (κ2) is 18.2. The van der Waals surface area contributed by atoms with Gasteiger partial charge in [0, 0.05) is 23.5 Å². The predicted molar refractivity (Wildman–Crippen MR) is 160 cm³/mol. The van der Waals surface area contributed by atoms with Gasteiger partial charge in [0.2, 0.25) is 5.91 Å². The minimum absolute atomic E-state index is 0.0456. The average Bonchev–Trinajstić information content (AvgIpc) is 3.09. The van der Waals surface area contributed by atoms with E-state index in [9.17, 15) is 9.59 Å². The lowest BCUT2D eigenvalue weighted by atomic mass is 10.0. The van der Waals surface area contributed by atoms with E-state index in [4.69, 9.17) is 9.73 Å². The second-order valence-electron chi connectivity index (χ2n) is 10.5. The van der Waals surface area contributed by atoms with Crippen LogP contribution in [0.4, 0.5) is 10.5 Å². The summed E-state index contributed by atoms with van der Waals surface area (Å²) in [5, 5.41) is 5.89. The monoisotopic (exact) mass is 533 g/mol. The van der Waals surface area contributed by atoms with E-state index < -0.39 is 12.1 Å². The van der Waals surface area contributed by atoms with E-state index in [1.807, 2.05) is 48.5 Å². The summed E-state index contributed by atoms with van der Waals surface area (Å²) in [5.74, 6) is -0.0456. The van der Waals surface area contributed by atoms with E-state index in [0.29, 0.717) is 13.0 Å². The van der Waals surface area contributed by atoms with Crippen LogP contribution in [-0.4, -0.2) is 30.3 Å². The highest BCUT2D eigenvalue weighted by Crippen LogP contribution is 2.25. The van der Waals surface area contributed by atoms with E-state index in [-0.39, 0.29) is 12.5 Å². The number of benzene rings is 2. The molecule has 0 bridgehead atoms. The highest BCUT2D eigenvalue weighted by Gasteiger charge is 2.24. The van der Waals surface area contributed by atoms with Crippen molar-refractivity contribution >= 4 is 23.4 Å². The molecule has 1 atom stereocenters. The van der Waals surface area contributed by atoms with Crippen LogP contribution in [0.15, 0.2) is 59.6 Å². The topological polar surface area (TPSA) is 79.8 Å². The molecule has 2 aromatic carbocycles. The van der Waals surface area contributed by atoms with Gasteiger partial charge in [-0.15, -0.1) is 0 Å². The summed E-state index contributed by atoms with van der Waals surface area (Å²) in [6.45, 7) is 3.03. The van der Waals surface area contributed by atoms with Crippen LogP contribution in [0.5, 0.6) is 0 Å². The molecule has 6 nitrogen and oxygen atoms in total. The van der Waals surface area contributed by atoms with Crippen molar-refractivity contribution in [3.8, 4) is 0 Å². The van der Waals surface area contributed by atoms with Crippen molar-refractivity contribution in [3.63, 3.8) is 0 Å². The molecule has 6 heteroatoms. The Morgan fingerprint density at radius 2 is 1.51 bits per heavy atom. The van der Waals surface area contributed by atoms with Crippen LogP contribution in [0.2, 0.25) is 0 Å². The van der Waals surface area contributed by atoms with Crippen LogP contribution in [0.3, 0.4) is 0 Å². The summed E-state index contributed by atoms with van der Waals surface area (Å²) in [6.07, 6.45) is 15.7. The number of alkyl carbamates (subject to hydrolysis) is 1. The van der Waals surface area contributed by atoms with Crippen molar-refractivity contribution in [2.75, 3.05) is 11.9 Å². The molecule has 0 fully saturated rings. The van der Waals surface area contributed by atoms with Crippen molar-refractivity contribution in [3.05, 3.63) is 65.7 Å². The number of hydrogen-bond acceptors (Lipinski definition) is 4. The Hall–Kier alpha value is -3.15. The second-order valence-corrected chi connectivity index (χ2v) is 10.5. The number of aliphatic imine (C=N–C) groups is 1. The van der Waals surface area contributed by atoms with E-state index in [1.54, 1.807) is 0 Å².